The summed E-state index contributed by atoms with van der Waals surface area (Å²) < 4.78 is 0. The Morgan fingerprint density at radius 2 is 2.30 bits per heavy atom. The molecular formula is C17H21N3O2S. The quantitative estimate of drug-likeness (QED) is 0.883. The molecule has 5 nitrogen and oxygen atoms in total. The van der Waals surface area contributed by atoms with Crippen molar-refractivity contribution in [3.63, 3.8) is 0 Å². The summed E-state index contributed by atoms with van der Waals surface area (Å²) in [6.45, 7) is 1.63. The first-order chi connectivity index (χ1) is 11.2. The summed E-state index contributed by atoms with van der Waals surface area (Å²) in [4.78, 5) is 18.7. The zero-order valence-corrected chi connectivity index (χ0v) is 14.0. The topological polar surface area (TPSA) is 65.5 Å². The fourth-order valence-electron chi connectivity index (χ4n) is 3.02. The Hall–Kier alpha value is -1.92. The van der Waals surface area contributed by atoms with Crippen LogP contribution in [0.3, 0.4) is 0 Å². The monoisotopic (exact) mass is 331 g/mol. The molecule has 0 aliphatic carbocycles. The molecule has 1 fully saturated rings. The van der Waals surface area contributed by atoms with Gasteiger partial charge in [0.05, 0.1) is 6.61 Å². The van der Waals surface area contributed by atoms with Crippen molar-refractivity contribution < 1.29 is 9.90 Å². The van der Waals surface area contributed by atoms with E-state index in [9.17, 15) is 9.90 Å². The maximum atomic E-state index is 12.5. The van der Waals surface area contributed by atoms with Crippen molar-refractivity contribution in [2.24, 2.45) is 5.92 Å². The summed E-state index contributed by atoms with van der Waals surface area (Å²) in [6.07, 6.45) is 1.95. The molecule has 23 heavy (non-hydrogen) atoms. The third-order valence-corrected chi connectivity index (χ3v) is 5.07. The fraction of sp³-hybridized carbons (Fsp3) is 0.412. The van der Waals surface area contributed by atoms with Crippen LogP contribution in [-0.2, 0) is 13.0 Å². The van der Waals surface area contributed by atoms with E-state index >= 15 is 0 Å². The summed E-state index contributed by atoms with van der Waals surface area (Å²) in [5.41, 5.74) is 2.69. The first kappa shape index (κ1) is 16.0. The lowest BCUT2D eigenvalue weighted by molar-refractivity contribution is 0.0782. The number of aromatic nitrogens is 1. The summed E-state index contributed by atoms with van der Waals surface area (Å²) >= 11 is 1.45. The number of aliphatic hydroxyl groups excluding tert-OH is 1. The average Bonchev–Trinajstić information content (AvgIpc) is 3.23. The van der Waals surface area contributed by atoms with Crippen LogP contribution < -0.4 is 5.32 Å². The van der Waals surface area contributed by atoms with Gasteiger partial charge in [-0.1, -0.05) is 24.3 Å². The first-order valence-corrected chi connectivity index (χ1v) is 8.69. The number of hydrogen-bond donors (Lipinski definition) is 2. The largest absolute Gasteiger partial charge is 0.392 e. The Morgan fingerprint density at radius 3 is 3.04 bits per heavy atom. The molecular weight excluding hydrogens is 310 g/mol. The first-order valence-electron chi connectivity index (χ1n) is 7.81. The highest BCUT2D eigenvalue weighted by molar-refractivity contribution is 7.13. The molecule has 122 valence electrons. The number of anilines is 1. The molecule has 2 N–H and O–H groups in total. The number of rotatable bonds is 5. The van der Waals surface area contributed by atoms with Gasteiger partial charge in [-0.05, 0) is 29.9 Å². The van der Waals surface area contributed by atoms with Crippen molar-refractivity contribution in [1.82, 2.24) is 9.88 Å². The minimum atomic E-state index is 0.0226. The van der Waals surface area contributed by atoms with Crippen LogP contribution in [-0.4, -0.2) is 41.0 Å². The zero-order valence-electron chi connectivity index (χ0n) is 13.2. The van der Waals surface area contributed by atoms with Gasteiger partial charge in [0.2, 0.25) is 0 Å². The Balaban J connectivity index is 1.60. The summed E-state index contributed by atoms with van der Waals surface area (Å²) in [7, 11) is 1.81. The van der Waals surface area contributed by atoms with Crippen molar-refractivity contribution in [2.45, 2.75) is 19.4 Å². The number of hydrogen-bond acceptors (Lipinski definition) is 5. The maximum Gasteiger partial charge on any atom is 0.273 e. The van der Waals surface area contributed by atoms with Crippen LogP contribution >= 0.6 is 11.3 Å². The van der Waals surface area contributed by atoms with Crippen LogP contribution in [0.15, 0.2) is 29.6 Å². The highest BCUT2D eigenvalue weighted by Crippen LogP contribution is 2.24. The molecule has 0 radical (unpaired) electrons. The van der Waals surface area contributed by atoms with Gasteiger partial charge in [0, 0.05) is 25.5 Å². The normalized spacial score (nSPS) is 17.5. The number of amides is 1. The predicted molar refractivity (Wildman–Crippen MR) is 91.7 cm³/mol. The standard InChI is InChI=1S/C17H21N3O2S/c1-18-17-19-15(11-23-17)16(22)20-6-5-13(9-20)7-12-3-2-4-14(8-12)10-21/h2-4,8,11,13,21H,5-7,9-10H2,1H3,(H,18,19)/t13-/m1/s1. The minimum absolute atomic E-state index is 0.0226. The maximum absolute atomic E-state index is 12.5. The smallest absolute Gasteiger partial charge is 0.273 e. The van der Waals surface area contributed by atoms with Crippen LogP contribution in [0.4, 0.5) is 5.13 Å². The number of benzene rings is 1. The second kappa shape index (κ2) is 7.10. The van der Waals surface area contributed by atoms with E-state index in [0.29, 0.717) is 11.6 Å². The molecule has 6 heteroatoms. The van der Waals surface area contributed by atoms with E-state index in [-0.39, 0.29) is 12.5 Å². The lowest BCUT2D eigenvalue weighted by atomic mass is 9.97. The molecule has 3 rings (SSSR count). The van der Waals surface area contributed by atoms with Crippen molar-refractivity contribution >= 4 is 22.4 Å². The third kappa shape index (κ3) is 3.71. The van der Waals surface area contributed by atoms with Gasteiger partial charge in [-0.25, -0.2) is 4.98 Å². The number of nitrogens with zero attached hydrogens (tertiary/aromatic N) is 2. The van der Waals surface area contributed by atoms with Crippen molar-refractivity contribution in [3.8, 4) is 0 Å². The van der Waals surface area contributed by atoms with E-state index in [1.54, 1.807) is 7.05 Å². The minimum Gasteiger partial charge on any atom is -0.392 e. The van der Waals surface area contributed by atoms with E-state index in [1.165, 1.54) is 16.9 Å². The number of aliphatic hydroxyl groups is 1. The molecule has 1 aliphatic heterocycles. The molecule has 0 saturated carbocycles. The summed E-state index contributed by atoms with van der Waals surface area (Å²) in [5.74, 6) is 0.490. The summed E-state index contributed by atoms with van der Waals surface area (Å²) in [5, 5.41) is 14.8. The SMILES string of the molecule is CNc1nc(C(=O)N2CC[C@H](Cc3cccc(CO)c3)C2)cs1. The van der Waals surface area contributed by atoms with Crippen LogP contribution in [0.5, 0.6) is 0 Å². The molecule has 1 aromatic carbocycles. The lowest BCUT2D eigenvalue weighted by Gasteiger charge is -2.15. The van der Waals surface area contributed by atoms with Gasteiger partial charge in [0.15, 0.2) is 5.13 Å². The Labute approximate surface area is 140 Å². The number of nitrogens with one attached hydrogen (secondary N) is 1. The number of thiazole rings is 1. The van der Waals surface area contributed by atoms with Crippen molar-refractivity contribution in [3.05, 3.63) is 46.5 Å². The van der Waals surface area contributed by atoms with Gasteiger partial charge in [0.1, 0.15) is 5.69 Å². The molecule has 2 heterocycles. The Morgan fingerprint density at radius 1 is 1.48 bits per heavy atom. The van der Waals surface area contributed by atoms with Gasteiger partial charge in [-0.3, -0.25) is 4.79 Å². The lowest BCUT2D eigenvalue weighted by Crippen LogP contribution is -2.29. The fourth-order valence-corrected chi connectivity index (χ4v) is 3.67. The van der Waals surface area contributed by atoms with Crippen LogP contribution in [0.25, 0.3) is 0 Å². The van der Waals surface area contributed by atoms with Crippen LogP contribution in [0, 0.1) is 5.92 Å². The molecule has 1 aromatic heterocycles. The number of likely N-dealkylation sites (tertiary alicyclic amines) is 1. The highest BCUT2D eigenvalue weighted by Gasteiger charge is 2.28. The van der Waals surface area contributed by atoms with Crippen molar-refractivity contribution in [1.29, 1.82) is 0 Å². The van der Waals surface area contributed by atoms with Crippen LogP contribution in [0.2, 0.25) is 0 Å². The van der Waals surface area contributed by atoms with Gasteiger partial charge >= 0.3 is 0 Å². The molecule has 1 aliphatic rings. The Kier molecular flexibility index (Phi) is 4.93. The second-order valence-corrected chi connectivity index (χ2v) is 6.73. The third-order valence-electron chi connectivity index (χ3n) is 4.21. The zero-order chi connectivity index (χ0) is 16.2. The van der Waals surface area contributed by atoms with Crippen LogP contribution in [0.1, 0.15) is 28.0 Å². The van der Waals surface area contributed by atoms with E-state index in [2.05, 4.69) is 16.4 Å². The number of carbonyl (C=O) groups excluding carboxylic acids is 1. The molecule has 1 atom stereocenters. The van der Waals surface area contributed by atoms with E-state index in [0.717, 1.165) is 36.6 Å². The predicted octanol–water partition coefficient (Wildman–Crippen LogP) is 2.38. The van der Waals surface area contributed by atoms with Gasteiger partial charge < -0.3 is 15.3 Å². The van der Waals surface area contributed by atoms with Gasteiger partial charge in [-0.15, -0.1) is 11.3 Å². The number of carbonyl (C=O) groups is 1. The van der Waals surface area contributed by atoms with Gasteiger partial charge in [-0.2, -0.15) is 0 Å². The van der Waals surface area contributed by atoms with E-state index < -0.39 is 0 Å². The molecule has 2 aromatic rings. The second-order valence-electron chi connectivity index (χ2n) is 5.88. The molecule has 0 unspecified atom stereocenters. The highest BCUT2D eigenvalue weighted by atomic mass is 32.1. The summed E-state index contributed by atoms with van der Waals surface area (Å²) in [6, 6.07) is 8.04. The molecule has 1 saturated heterocycles. The Bertz CT molecular complexity index is 686. The van der Waals surface area contributed by atoms with E-state index in [4.69, 9.17) is 0 Å². The van der Waals surface area contributed by atoms with Gasteiger partial charge in [0.25, 0.3) is 5.91 Å². The van der Waals surface area contributed by atoms with Crippen molar-refractivity contribution in [2.75, 3.05) is 25.5 Å². The van der Waals surface area contributed by atoms with E-state index in [1.807, 2.05) is 28.5 Å². The molecule has 0 spiro atoms. The average molecular weight is 331 g/mol. The molecule has 0 bridgehead atoms. The molecule has 1 amide bonds.